The van der Waals surface area contributed by atoms with E-state index in [9.17, 15) is 9.59 Å². The Morgan fingerprint density at radius 3 is 2.69 bits per heavy atom. The van der Waals surface area contributed by atoms with Crippen LogP contribution >= 0.6 is 27.5 Å². The van der Waals surface area contributed by atoms with E-state index >= 15 is 0 Å². The molecule has 29 heavy (non-hydrogen) atoms. The van der Waals surface area contributed by atoms with Gasteiger partial charge in [-0.3, -0.25) is 9.59 Å². The quantitative estimate of drug-likeness (QED) is 0.280. The lowest BCUT2D eigenvalue weighted by atomic mass is 10.2. The lowest BCUT2D eigenvalue weighted by Crippen LogP contribution is -2.20. The van der Waals surface area contributed by atoms with Crippen LogP contribution in [0.1, 0.15) is 38.2 Å². The number of ether oxygens (including phenoxy) is 1. The largest absolute Gasteiger partial charge is 0.493 e. The molecule has 0 spiro atoms. The number of rotatable bonds is 10. The van der Waals surface area contributed by atoms with Crippen molar-refractivity contribution in [3.63, 3.8) is 0 Å². The second-order valence-electron chi connectivity index (χ2n) is 6.21. The van der Waals surface area contributed by atoms with Crippen molar-refractivity contribution < 1.29 is 14.3 Å². The number of carbonyl (C=O) groups excluding carboxylic acids is 2. The third-order valence-electron chi connectivity index (χ3n) is 3.85. The molecule has 0 heterocycles. The Bertz CT molecular complexity index is 874. The van der Waals surface area contributed by atoms with E-state index < -0.39 is 0 Å². The highest BCUT2D eigenvalue weighted by Gasteiger charge is 2.09. The molecule has 0 aliphatic rings. The summed E-state index contributed by atoms with van der Waals surface area (Å²) in [6.45, 7) is 2.71. The molecule has 0 bridgehead atoms. The molecule has 0 aromatic heterocycles. The molecule has 0 fully saturated rings. The zero-order valence-corrected chi connectivity index (χ0v) is 18.4. The highest BCUT2D eigenvalue weighted by Crippen LogP contribution is 2.22. The number of halogens is 2. The highest BCUT2D eigenvalue weighted by molar-refractivity contribution is 9.10. The number of benzene rings is 2. The monoisotopic (exact) mass is 479 g/mol. The molecule has 2 amide bonds. The summed E-state index contributed by atoms with van der Waals surface area (Å²) in [7, 11) is 0. The van der Waals surface area contributed by atoms with Crippen LogP contribution in [0.4, 0.5) is 5.69 Å². The van der Waals surface area contributed by atoms with Gasteiger partial charge >= 0.3 is 0 Å². The molecule has 2 rings (SSSR count). The molecule has 0 radical (unpaired) electrons. The first kappa shape index (κ1) is 22.9. The number of nitrogens with one attached hydrogen (secondary N) is 2. The third kappa shape index (κ3) is 8.25. The Balaban J connectivity index is 1.82. The van der Waals surface area contributed by atoms with Crippen molar-refractivity contribution in [2.75, 3.05) is 11.9 Å². The van der Waals surface area contributed by atoms with Crippen LogP contribution in [-0.2, 0) is 9.59 Å². The molecule has 0 saturated heterocycles. The average molecular weight is 481 g/mol. The molecule has 8 heteroatoms. The summed E-state index contributed by atoms with van der Waals surface area (Å²) in [5, 5.41) is 7.09. The van der Waals surface area contributed by atoms with Gasteiger partial charge in [0, 0.05) is 22.9 Å². The second kappa shape index (κ2) is 12.2. The summed E-state index contributed by atoms with van der Waals surface area (Å²) in [6, 6.07) is 12.5. The summed E-state index contributed by atoms with van der Waals surface area (Å²) in [4.78, 5) is 23.9. The number of hydrogen-bond acceptors (Lipinski definition) is 4. The van der Waals surface area contributed by atoms with Gasteiger partial charge in [-0.05, 0) is 36.8 Å². The number of nitrogens with zero attached hydrogens (tertiary/aromatic N) is 1. The third-order valence-corrected chi connectivity index (χ3v) is 4.67. The Kier molecular flexibility index (Phi) is 9.67. The van der Waals surface area contributed by atoms with Gasteiger partial charge in [0.25, 0.3) is 0 Å². The van der Waals surface area contributed by atoms with Gasteiger partial charge in [-0.1, -0.05) is 53.0 Å². The fourth-order valence-corrected chi connectivity index (χ4v) is 2.87. The fraction of sp³-hybridized carbons (Fsp3) is 0.286. The van der Waals surface area contributed by atoms with E-state index in [1.807, 2.05) is 18.2 Å². The Labute approximate surface area is 183 Å². The molecule has 0 saturated carbocycles. The first-order valence-corrected chi connectivity index (χ1v) is 10.5. The van der Waals surface area contributed by atoms with Gasteiger partial charge in [0.15, 0.2) is 0 Å². The molecule has 0 unspecified atom stereocenters. The lowest BCUT2D eigenvalue weighted by molar-refractivity contribution is -0.124. The molecule has 6 nitrogen and oxygen atoms in total. The molecule has 0 atom stereocenters. The molecule has 0 aliphatic carbocycles. The molecular formula is C21H23BrClN3O3. The van der Waals surface area contributed by atoms with Crippen molar-refractivity contribution >= 4 is 51.2 Å². The maximum Gasteiger partial charge on any atom is 0.240 e. The molecule has 2 aromatic rings. The number of amides is 2. The van der Waals surface area contributed by atoms with Crippen LogP contribution in [0.5, 0.6) is 5.75 Å². The molecular weight excluding hydrogens is 458 g/mol. The molecule has 154 valence electrons. The van der Waals surface area contributed by atoms with Crippen LogP contribution in [-0.4, -0.2) is 24.6 Å². The van der Waals surface area contributed by atoms with Gasteiger partial charge in [-0.15, -0.1) is 0 Å². The maximum absolute atomic E-state index is 12.0. The summed E-state index contributed by atoms with van der Waals surface area (Å²) < 4.78 is 6.63. The minimum atomic E-state index is -0.362. The van der Waals surface area contributed by atoms with Crippen molar-refractivity contribution in [1.82, 2.24) is 5.43 Å². The number of unbranched alkanes of at least 4 members (excludes halogenated alkanes) is 1. The zero-order chi connectivity index (χ0) is 21.1. The highest BCUT2D eigenvalue weighted by atomic mass is 79.9. The number of para-hydroxylation sites is 1. The summed E-state index contributed by atoms with van der Waals surface area (Å²) >= 11 is 9.41. The normalized spacial score (nSPS) is 10.7. The van der Waals surface area contributed by atoms with Crippen LogP contribution in [0, 0.1) is 0 Å². The molecule has 2 N–H and O–H groups in total. The molecule has 2 aromatic carbocycles. The number of carbonyl (C=O) groups is 2. The SMILES string of the molecule is CCCCOc1ccc(Br)cc1C=NNC(=O)CCC(=O)Nc1ccccc1Cl. The zero-order valence-electron chi connectivity index (χ0n) is 16.1. The predicted octanol–water partition coefficient (Wildman–Crippen LogP) is 5.15. The van der Waals surface area contributed by atoms with E-state index in [1.165, 1.54) is 6.21 Å². The van der Waals surface area contributed by atoms with E-state index in [0.717, 1.165) is 22.9 Å². The van der Waals surface area contributed by atoms with Crippen molar-refractivity contribution in [2.24, 2.45) is 5.10 Å². The van der Waals surface area contributed by atoms with Crippen molar-refractivity contribution in [3.05, 3.63) is 57.5 Å². The van der Waals surface area contributed by atoms with E-state index in [4.69, 9.17) is 16.3 Å². The summed E-state index contributed by atoms with van der Waals surface area (Å²) in [5.41, 5.74) is 3.69. The van der Waals surface area contributed by atoms with E-state index in [1.54, 1.807) is 24.3 Å². The predicted molar refractivity (Wildman–Crippen MR) is 120 cm³/mol. The average Bonchev–Trinajstić information content (AvgIpc) is 2.70. The van der Waals surface area contributed by atoms with Crippen LogP contribution in [0.3, 0.4) is 0 Å². The first-order valence-electron chi connectivity index (χ1n) is 9.28. The van der Waals surface area contributed by atoms with Gasteiger partial charge in [-0.25, -0.2) is 5.43 Å². The van der Waals surface area contributed by atoms with E-state index in [-0.39, 0.29) is 24.7 Å². The van der Waals surface area contributed by atoms with Crippen molar-refractivity contribution in [2.45, 2.75) is 32.6 Å². The van der Waals surface area contributed by atoms with Crippen LogP contribution < -0.4 is 15.5 Å². The van der Waals surface area contributed by atoms with Gasteiger partial charge in [0.05, 0.1) is 23.5 Å². The standard InChI is InChI=1S/C21H23BrClN3O3/c1-2-3-12-29-19-9-8-16(22)13-15(19)14-24-26-21(28)11-10-20(27)25-18-7-5-4-6-17(18)23/h4-9,13-14H,2-3,10-12H2,1H3,(H,25,27)(H,26,28). The summed E-state index contributed by atoms with van der Waals surface area (Å²) in [6.07, 6.45) is 3.55. The van der Waals surface area contributed by atoms with Gasteiger partial charge in [-0.2, -0.15) is 5.10 Å². The lowest BCUT2D eigenvalue weighted by Gasteiger charge is -2.09. The van der Waals surface area contributed by atoms with Gasteiger partial charge < -0.3 is 10.1 Å². The Morgan fingerprint density at radius 2 is 1.93 bits per heavy atom. The van der Waals surface area contributed by atoms with Crippen molar-refractivity contribution in [1.29, 1.82) is 0 Å². The summed E-state index contributed by atoms with van der Waals surface area (Å²) in [5.74, 6) is 0.0357. The van der Waals surface area contributed by atoms with E-state index in [2.05, 4.69) is 38.7 Å². The van der Waals surface area contributed by atoms with Crippen LogP contribution in [0.25, 0.3) is 0 Å². The smallest absolute Gasteiger partial charge is 0.240 e. The molecule has 0 aliphatic heterocycles. The number of hydrogen-bond donors (Lipinski definition) is 2. The maximum atomic E-state index is 12.0. The van der Waals surface area contributed by atoms with Crippen molar-refractivity contribution in [3.8, 4) is 5.75 Å². The topological polar surface area (TPSA) is 79.8 Å². The number of hydrazone groups is 1. The van der Waals surface area contributed by atoms with Gasteiger partial charge in [0.1, 0.15) is 5.75 Å². The number of anilines is 1. The first-order chi connectivity index (χ1) is 14.0. The van der Waals surface area contributed by atoms with E-state index in [0.29, 0.717) is 23.1 Å². The van der Waals surface area contributed by atoms with Gasteiger partial charge in [0.2, 0.25) is 11.8 Å². The Hall–Kier alpha value is -2.38. The van der Waals surface area contributed by atoms with Crippen LogP contribution in [0.2, 0.25) is 5.02 Å². The fourth-order valence-electron chi connectivity index (χ4n) is 2.31. The minimum absolute atomic E-state index is 0.00592. The minimum Gasteiger partial charge on any atom is -0.493 e. The Morgan fingerprint density at radius 1 is 1.17 bits per heavy atom. The second-order valence-corrected chi connectivity index (χ2v) is 7.53. The van der Waals surface area contributed by atoms with Crippen LogP contribution in [0.15, 0.2) is 52.0 Å².